The molecule has 29 heavy (non-hydrogen) atoms. The zero-order chi connectivity index (χ0) is 20.2. The van der Waals surface area contributed by atoms with Crippen LogP contribution in [0.2, 0.25) is 0 Å². The minimum atomic E-state index is -0.426. The summed E-state index contributed by atoms with van der Waals surface area (Å²) in [7, 11) is 0. The molecular weight excluding hydrogens is 376 g/mol. The minimum Gasteiger partial charge on any atom is -0.390 e. The van der Waals surface area contributed by atoms with Gasteiger partial charge in [0, 0.05) is 12.3 Å². The Bertz CT molecular complexity index is 738. The summed E-state index contributed by atoms with van der Waals surface area (Å²) in [5.41, 5.74) is 1.16. The third-order valence-electron chi connectivity index (χ3n) is 9.87. The molecule has 4 aliphatic carbocycles. The van der Waals surface area contributed by atoms with Gasteiger partial charge in [0.1, 0.15) is 5.78 Å². The van der Waals surface area contributed by atoms with Crippen LogP contribution in [0.4, 0.5) is 0 Å². The Morgan fingerprint density at radius 3 is 2.69 bits per heavy atom. The predicted molar refractivity (Wildman–Crippen MR) is 119 cm³/mol. The summed E-state index contributed by atoms with van der Waals surface area (Å²) in [5, 5.41) is 14.9. The number of fused-ring (bicyclic) bond motifs is 5. The first-order chi connectivity index (χ1) is 13.9. The average Bonchev–Trinajstić information content (AvgIpc) is 3.32. The highest BCUT2D eigenvalue weighted by Gasteiger charge is 2.58. The molecule has 0 aliphatic heterocycles. The summed E-state index contributed by atoms with van der Waals surface area (Å²) < 4.78 is 0. The Labute approximate surface area is 180 Å². The molecule has 0 bridgehead atoms. The smallest absolute Gasteiger partial charge is 0.136 e. The van der Waals surface area contributed by atoms with Gasteiger partial charge in [0.15, 0.2) is 0 Å². The molecule has 1 heterocycles. The standard InChI is InChI=1S/C26H38O2S/c1-25(28)12-9-19-18(15-25)4-5-21-20(19)10-13-26(2)22(21)6-7-23(26)24(27)8-3-17-11-14-29-16-17/h11,14,16,18-23,28H,3-10,12-13,15H2,1-2H3/t18-,19+,20-,21-,22+,23-,25-,26+/m1/s1. The molecular formula is C26H38O2S. The lowest BCUT2D eigenvalue weighted by molar-refractivity contribution is -0.132. The maximum Gasteiger partial charge on any atom is 0.136 e. The van der Waals surface area contributed by atoms with Gasteiger partial charge in [0.05, 0.1) is 5.60 Å². The summed E-state index contributed by atoms with van der Waals surface area (Å²) in [4.78, 5) is 13.2. The Morgan fingerprint density at radius 1 is 1.07 bits per heavy atom. The van der Waals surface area contributed by atoms with Crippen molar-refractivity contribution >= 4 is 17.1 Å². The van der Waals surface area contributed by atoms with Gasteiger partial charge in [0.2, 0.25) is 0 Å². The third-order valence-corrected chi connectivity index (χ3v) is 10.6. The van der Waals surface area contributed by atoms with E-state index in [1.807, 2.05) is 0 Å². The molecule has 1 N–H and O–H groups in total. The molecule has 5 rings (SSSR count). The number of carbonyl (C=O) groups excluding carboxylic acids is 1. The first-order valence-electron chi connectivity index (χ1n) is 12.1. The molecule has 0 unspecified atom stereocenters. The van der Waals surface area contributed by atoms with E-state index in [1.165, 1.54) is 44.1 Å². The molecule has 0 spiro atoms. The summed E-state index contributed by atoms with van der Waals surface area (Å²) in [6.07, 6.45) is 12.6. The van der Waals surface area contributed by atoms with Crippen LogP contribution in [-0.2, 0) is 11.2 Å². The molecule has 4 aliphatic rings. The van der Waals surface area contributed by atoms with E-state index in [0.29, 0.717) is 11.7 Å². The average molecular weight is 415 g/mol. The van der Waals surface area contributed by atoms with E-state index >= 15 is 0 Å². The molecule has 3 heteroatoms. The minimum absolute atomic E-state index is 0.250. The van der Waals surface area contributed by atoms with Gasteiger partial charge in [-0.2, -0.15) is 11.3 Å². The van der Waals surface area contributed by atoms with Crippen molar-refractivity contribution in [2.24, 2.45) is 40.9 Å². The van der Waals surface area contributed by atoms with Crippen LogP contribution in [0.25, 0.3) is 0 Å². The second-order valence-electron chi connectivity index (χ2n) is 11.4. The molecule has 2 nitrogen and oxygen atoms in total. The first kappa shape index (κ1) is 20.2. The number of hydrogen-bond acceptors (Lipinski definition) is 3. The Kier molecular flexibility index (Phi) is 5.22. The molecule has 160 valence electrons. The van der Waals surface area contributed by atoms with Crippen LogP contribution in [0.15, 0.2) is 16.8 Å². The van der Waals surface area contributed by atoms with Crippen LogP contribution in [-0.4, -0.2) is 16.5 Å². The van der Waals surface area contributed by atoms with Gasteiger partial charge in [-0.05, 0) is 129 Å². The molecule has 4 saturated carbocycles. The van der Waals surface area contributed by atoms with E-state index in [1.54, 1.807) is 11.3 Å². The summed E-state index contributed by atoms with van der Waals surface area (Å²) in [6.45, 7) is 4.53. The largest absolute Gasteiger partial charge is 0.390 e. The van der Waals surface area contributed by atoms with Crippen molar-refractivity contribution in [1.29, 1.82) is 0 Å². The van der Waals surface area contributed by atoms with Crippen LogP contribution >= 0.6 is 11.3 Å². The van der Waals surface area contributed by atoms with E-state index in [-0.39, 0.29) is 5.41 Å². The van der Waals surface area contributed by atoms with E-state index in [0.717, 1.165) is 61.7 Å². The summed E-state index contributed by atoms with van der Waals surface area (Å²) in [6, 6.07) is 2.17. The Hall–Kier alpha value is -0.670. The number of thiophene rings is 1. The quantitative estimate of drug-likeness (QED) is 0.630. The number of Topliss-reactive ketones (excluding diaryl/α,β-unsaturated/α-hetero) is 1. The van der Waals surface area contributed by atoms with Crippen LogP contribution in [0.1, 0.15) is 83.6 Å². The number of hydrogen-bond donors (Lipinski definition) is 1. The van der Waals surface area contributed by atoms with Gasteiger partial charge in [-0.15, -0.1) is 0 Å². The van der Waals surface area contributed by atoms with Crippen molar-refractivity contribution < 1.29 is 9.90 Å². The summed E-state index contributed by atoms with van der Waals surface area (Å²) in [5.74, 6) is 4.90. The van der Waals surface area contributed by atoms with Crippen LogP contribution in [0.3, 0.4) is 0 Å². The SMILES string of the molecule is C[C@@]1(O)CC[C@H]2[C@H](CC[C@@H]3[C@@H]2CC[C@]2(C)[C@@H](C(=O)CCc4ccsc4)CC[C@@H]32)C1. The fraction of sp³-hybridized carbons (Fsp3) is 0.808. The van der Waals surface area contributed by atoms with Crippen molar-refractivity contribution in [1.82, 2.24) is 0 Å². The number of rotatable bonds is 4. The molecule has 0 saturated heterocycles. The maximum absolute atomic E-state index is 13.2. The van der Waals surface area contributed by atoms with Gasteiger partial charge in [-0.3, -0.25) is 4.79 Å². The van der Waals surface area contributed by atoms with Gasteiger partial charge in [0.25, 0.3) is 0 Å². The lowest BCUT2D eigenvalue weighted by atomic mass is 9.49. The van der Waals surface area contributed by atoms with Crippen molar-refractivity contribution in [2.45, 2.75) is 90.1 Å². The van der Waals surface area contributed by atoms with E-state index in [2.05, 4.69) is 30.7 Å². The lowest BCUT2D eigenvalue weighted by Gasteiger charge is -2.56. The fourth-order valence-electron chi connectivity index (χ4n) is 8.49. The maximum atomic E-state index is 13.2. The number of aryl methyl sites for hydroxylation is 1. The fourth-order valence-corrected chi connectivity index (χ4v) is 9.19. The monoisotopic (exact) mass is 414 g/mol. The highest BCUT2D eigenvalue weighted by atomic mass is 32.1. The molecule has 0 amide bonds. The molecule has 4 fully saturated rings. The van der Waals surface area contributed by atoms with Crippen molar-refractivity contribution in [3.63, 3.8) is 0 Å². The number of ketones is 1. The molecule has 0 aromatic carbocycles. The topological polar surface area (TPSA) is 37.3 Å². The molecule has 1 aromatic heterocycles. The van der Waals surface area contributed by atoms with E-state index < -0.39 is 5.60 Å². The van der Waals surface area contributed by atoms with Crippen molar-refractivity contribution in [3.8, 4) is 0 Å². The van der Waals surface area contributed by atoms with E-state index in [9.17, 15) is 9.90 Å². The second-order valence-corrected chi connectivity index (χ2v) is 12.2. The Balaban J connectivity index is 1.28. The van der Waals surface area contributed by atoms with Gasteiger partial charge in [-0.1, -0.05) is 6.92 Å². The highest BCUT2D eigenvalue weighted by Crippen LogP contribution is 2.64. The van der Waals surface area contributed by atoms with Crippen LogP contribution in [0, 0.1) is 40.9 Å². The molecule has 8 atom stereocenters. The highest BCUT2D eigenvalue weighted by molar-refractivity contribution is 7.07. The lowest BCUT2D eigenvalue weighted by Crippen LogP contribution is -2.51. The second kappa shape index (κ2) is 7.48. The van der Waals surface area contributed by atoms with Crippen LogP contribution < -0.4 is 0 Å². The first-order valence-corrected chi connectivity index (χ1v) is 13.1. The molecule has 1 aromatic rings. The normalized spacial score (nSPS) is 46.6. The zero-order valence-electron chi connectivity index (χ0n) is 18.2. The van der Waals surface area contributed by atoms with Crippen LogP contribution in [0.5, 0.6) is 0 Å². The zero-order valence-corrected chi connectivity index (χ0v) is 19.1. The third kappa shape index (κ3) is 3.55. The predicted octanol–water partition coefficient (Wildman–Crippen LogP) is 6.27. The van der Waals surface area contributed by atoms with Gasteiger partial charge >= 0.3 is 0 Å². The molecule has 0 radical (unpaired) electrons. The number of aliphatic hydroxyl groups is 1. The number of carbonyl (C=O) groups is 1. The van der Waals surface area contributed by atoms with E-state index in [4.69, 9.17) is 0 Å². The van der Waals surface area contributed by atoms with Gasteiger partial charge in [-0.25, -0.2) is 0 Å². The Morgan fingerprint density at radius 2 is 1.90 bits per heavy atom. The van der Waals surface area contributed by atoms with Crippen molar-refractivity contribution in [3.05, 3.63) is 22.4 Å². The summed E-state index contributed by atoms with van der Waals surface area (Å²) >= 11 is 1.74. The van der Waals surface area contributed by atoms with Crippen molar-refractivity contribution in [2.75, 3.05) is 0 Å². The van der Waals surface area contributed by atoms with Gasteiger partial charge < -0.3 is 5.11 Å².